The van der Waals surface area contributed by atoms with Crippen molar-refractivity contribution in [3.05, 3.63) is 64.9 Å². The maximum atomic E-state index is 12.9. The van der Waals surface area contributed by atoms with Gasteiger partial charge in [-0.1, -0.05) is 17.7 Å². The highest BCUT2D eigenvalue weighted by atomic mass is 35.5. The Morgan fingerprint density at radius 3 is 2.59 bits per heavy atom. The van der Waals surface area contributed by atoms with Crippen molar-refractivity contribution in [1.82, 2.24) is 15.0 Å². The van der Waals surface area contributed by atoms with Crippen molar-refractivity contribution in [3.8, 4) is 5.69 Å². The molecule has 0 unspecified atom stereocenters. The number of amides is 1. The fraction of sp³-hybridized carbons (Fsp3) is 0.286. The SMILES string of the molecule is Cc1cc(NC(=O)c2cccc(N3CCN(C)CC3)n2)[n+](-c2ccc(Cl)cc2)[nH]1. The second-order valence-corrected chi connectivity index (χ2v) is 7.70. The Kier molecular flexibility index (Phi) is 5.51. The average Bonchev–Trinajstić information content (AvgIpc) is 3.09. The number of hydrogen-bond donors (Lipinski definition) is 2. The number of nitrogens with zero attached hydrogens (tertiary/aromatic N) is 4. The first-order valence-corrected chi connectivity index (χ1v) is 9.97. The van der Waals surface area contributed by atoms with Crippen LogP contribution in [0.2, 0.25) is 5.02 Å². The topological polar surface area (TPSA) is 68.1 Å². The molecule has 1 aliphatic heterocycles. The lowest BCUT2D eigenvalue weighted by atomic mass is 10.3. The summed E-state index contributed by atoms with van der Waals surface area (Å²) >= 11 is 5.99. The standard InChI is InChI=1S/C21H23ClN6O/c1-15-14-20(28(25-15)17-8-6-16(22)7-9-17)24-21(29)18-4-3-5-19(23-18)27-12-10-26(2)11-13-27/h3-9,14H,10-13H2,1-2H3,(H,24,25,29)/p+1. The second kappa shape index (κ2) is 8.23. The number of aromatic amines is 1. The normalized spacial score (nSPS) is 14.8. The van der Waals surface area contributed by atoms with E-state index in [1.54, 1.807) is 6.07 Å². The van der Waals surface area contributed by atoms with Crippen molar-refractivity contribution in [2.45, 2.75) is 6.92 Å². The fourth-order valence-corrected chi connectivity index (χ4v) is 3.49. The molecule has 150 valence electrons. The molecule has 0 saturated carbocycles. The van der Waals surface area contributed by atoms with Crippen molar-refractivity contribution in [2.75, 3.05) is 43.4 Å². The van der Waals surface area contributed by atoms with E-state index in [-0.39, 0.29) is 5.91 Å². The number of aryl methyl sites for hydroxylation is 1. The number of benzene rings is 1. The molecule has 2 aromatic heterocycles. The molecule has 0 spiro atoms. The fourth-order valence-electron chi connectivity index (χ4n) is 3.37. The van der Waals surface area contributed by atoms with Gasteiger partial charge in [0.25, 0.3) is 0 Å². The van der Waals surface area contributed by atoms with Crippen molar-refractivity contribution in [3.63, 3.8) is 0 Å². The van der Waals surface area contributed by atoms with Gasteiger partial charge in [0.2, 0.25) is 0 Å². The van der Waals surface area contributed by atoms with Gasteiger partial charge >= 0.3 is 11.7 Å². The van der Waals surface area contributed by atoms with Crippen molar-refractivity contribution in [2.24, 2.45) is 0 Å². The number of hydrogen-bond acceptors (Lipinski definition) is 4. The van der Waals surface area contributed by atoms with E-state index in [1.165, 1.54) is 0 Å². The molecule has 4 rings (SSSR count). The predicted octanol–water partition coefficient (Wildman–Crippen LogP) is 2.65. The molecule has 1 fully saturated rings. The number of pyridine rings is 1. The molecular weight excluding hydrogens is 388 g/mol. The maximum absolute atomic E-state index is 12.9. The molecule has 1 amide bonds. The number of rotatable bonds is 4. The molecular formula is C21H24ClN6O+. The largest absolute Gasteiger partial charge is 0.357 e. The molecule has 29 heavy (non-hydrogen) atoms. The number of likely N-dealkylation sites (N-methyl/N-ethyl adjacent to an activating group) is 1. The van der Waals surface area contributed by atoms with Crippen LogP contribution in [0, 0.1) is 6.92 Å². The Labute approximate surface area is 174 Å². The first kappa shape index (κ1) is 19.4. The Hall–Kier alpha value is -2.90. The Morgan fingerprint density at radius 2 is 1.86 bits per heavy atom. The van der Waals surface area contributed by atoms with E-state index in [0.717, 1.165) is 43.4 Å². The average molecular weight is 412 g/mol. The molecule has 0 atom stereocenters. The van der Waals surface area contributed by atoms with Crippen molar-refractivity contribution in [1.29, 1.82) is 0 Å². The van der Waals surface area contributed by atoms with E-state index in [1.807, 2.05) is 54.1 Å². The summed E-state index contributed by atoms with van der Waals surface area (Å²) in [7, 11) is 2.11. The predicted molar refractivity (Wildman–Crippen MR) is 114 cm³/mol. The minimum atomic E-state index is -0.248. The van der Waals surface area contributed by atoms with Gasteiger partial charge in [-0.25, -0.2) is 20.2 Å². The Balaban J connectivity index is 1.54. The van der Waals surface area contributed by atoms with E-state index in [2.05, 4.69) is 32.2 Å². The monoisotopic (exact) mass is 411 g/mol. The van der Waals surface area contributed by atoms with E-state index in [9.17, 15) is 4.79 Å². The summed E-state index contributed by atoms with van der Waals surface area (Å²) in [6.07, 6.45) is 0. The van der Waals surface area contributed by atoms with Gasteiger partial charge in [-0.05, 0) is 50.4 Å². The van der Waals surface area contributed by atoms with Crippen LogP contribution < -0.4 is 14.9 Å². The highest BCUT2D eigenvalue weighted by Gasteiger charge is 2.22. The third kappa shape index (κ3) is 4.41. The van der Waals surface area contributed by atoms with E-state index in [0.29, 0.717) is 16.5 Å². The van der Waals surface area contributed by atoms with Gasteiger partial charge in [-0.3, -0.25) is 0 Å². The maximum Gasteiger partial charge on any atom is 0.357 e. The zero-order valence-electron chi connectivity index (χ0n) is 16.5. The van der Waals surface area contributed by atoms with Crippen LogP contribution in [0.4, 0.5) is 11.6 Å². The van der Waals surface area contributed by atoms with Gasteiger partial charge in [-0.2, -0.15) is 0 Å². The molecule has 0 bridgehead atoms. The van der Waals surface area contributed by atoms with Gasteiger partial charge < -0.3 is 9.80 Å². The van der Waals surface area contributed by atoms with Crippen LogP contribution in [-0.2, 0) is 0 Å². The number of piperazine rings is 1. The van der Waals surface area contributed by atoms with E-state index in [4.69, 9.17) is 11.6 Å². The quantitative estimate of drug-likeness (QED) is 0.648. The highest BCUT2D eigenvalue weighted by Crippen LogP contribution is 2.16. The van der Waals surface area contributed by atoms with Gasteiger partial charge in [0.15, 0.2) is 11.4 Å². The first-order valence-electron chi connectivity index (χ1n) is 9.59. The number of carbonyl (C=O) groups is 1. The zero-order valence-corrected chi connectivity index (χ0v) is 17.3. The zero-order chi connectivity index (χ0) is 20.4. The minimum Gasteiger partial charge on any atom is -0.354 e. The highest BCUT2D eigenvalue weighted by molar-refractivity contribution is 6.30. The van der Waals surface area contributed by atoms with Crippen LogP contribution in [0.25, 0.3) is 5.69 Å². The molecule has 1 aromatic carbocycles. The number of aromatic nitrogens is 3. The summed E-state index contributed by atoms with van der Waals surface area (Å²) in [6.45, 7) is 5.72. The van der Waals surface area contributed by atoms with Crippen LogP contribution in [0.1, 0.15) is 16.2 Å². The summed E-state index contributed by atoms with van der Waals surface area (Å²) in [6, 6.07) is 14.9. The summed E-state index contributed by atoms with van der Waals surface area (Å²) < 4.78 is 1.81. The molecule has 2 N–H and O–H groups in total. The summed E-state index contributed by atoms with van der Waals surface area (Å²) in [5, 5.41) is 6.86. The molecule has 0 aliphatic carbocycles. The number of H-pyrrole nitrogens is 1. The third-order valence-electron chi connectivity index (χ3n) is 5.00. The molecule has 3 heterocycles. The van der Waals surface area contributed by atoms with E-state index < -0.39 is 0 Å². The van der Waals surface area contributed by atoms with Crippen molar-refractivity contribution < 1.29 is 9.48 Å². The third-order valence-corrected chi connectivity index (χ3v) is 5.25. The molecule has 3 aromatic rings. The Bertz CT molecular complexity index is 1010. The lowest BCUT2D eigenvalue weighted by Crippen LogP contribution is -2.45. The van der Waals surface area contributed by atoms with Gasteiger partial charge in [-0.15, -0.1) is 4.68 Å². The number of nitrogens with one attached hydrogen (secondary N) is 2. The molecule has 1 saturated heterocycles. The summed E-state index contributed by atoms with van der Waals surface area (Å²) in [5.74, 6) is 1.23. The summed E-state index contributed by atoms with van der Waals surface area (Å²) in [4.78, 5) is 22.0. The Morgan fingerprint density at radius 1 is 1.14 bits per heavy atom. The second-order valence-electron chi connectivity index (χ2n) is 7.26. The lowest BCUT2D eigenvalue weighted by molar-refractivity contribution is -0.641. The summed E-state index contributed by atoms with van der Waals surface area (Å²) in [5.41, 5.74) is 2.19. The van der Waals surface area contributed by atoms with Gasteiger partial charge in [0, 0.05) is 31.2 Å². The minimum absolute atomic E-state index is 0.248. The van der Waals surface area contributed by atoms with Crippen molar-refractivity contribution >= 4 is 29.1 Å². The van der Waals surface area contributed by atoms with Gasteiger partial charge in [0.1, 0.15) is 5.82 Å². The van der Waals surface area contributed by atoms with Crippen LogP contribution in [0.5, 0.6) is 0 Å². The van der Waals surface area contributed by atoms with Crippen LogP contribution >= 0.6 is 11.6 Å². The number of halogens is 1. The first-order chi connectivity index (χ1) is 14.0. The van der Waals surface area contributed by atoms with Crippen LogP contribution in [-0.4, -0.2) is 54.1 Å². The molecule has 8 heteroatoms. The molecule has 1 aliphatic rings. The number of anilines is 2. The number of carbonyl (C=O) groups excluding carboxylic acids is 1. The van der Waals surface area contributed by atoms with Crippen LogP contribution in [0.3, 0.4) is 0 Å². The van der Waals surface area contributed by atoms with Gasteiger partial charge in [0.05, 0.1) is 11.8 Å². The lowest BCUT2D eigenvalue weighted by Gasteiger charge is -2.33. The molecule has 7 nitrogen and oxygen atoms in total. The van der Waals surface area contributed by atoms with E-state index >= 15 is 0 Å². The molecule has 0 radical (unpaired) electrons. The van der Waals surface area contributed by atoms with Crippen LogP contribution in [0.15, 0.2) is 48.5 Å². The smallest absolute Gasteiger partial charge is 0.354 e.